The van der Waals surface area contributed by atoms with Gasteiger partial charge in [0, 0.05) is 24.2 Å². The van der Waals surface area contributed by atoms with Crippen molar-refractivity contribution in [1.82, 2.24) is 14.5 Å². The van der Waals surface area contributed by atoms with Gasteiger partial charge in [0.1, 0.15) is 11.9 Å². The van der Waals surface area contributed by atoms with E-state index in [1.54, 1.807) is 6.92 Å². The maximum Gasteiger partial charge on any atom is 0.243 e. The molecule has 0 aliphatic heterocycles. The topological polar surface area (TPSA) is 86.8 Å². The molecular weight excluding hydrogens is 481 g/mol. The first-order valence-corrected chi connectivity index (χ1v) is 12.6. The maximum absolute atomic E-state index is 13.4. The molecule has 0 saturated carbocycles. The van der Waals surface area contributed by atoms with Crippen molar-refractivity contribution >= 4 is 33.4 Å². The van der Waals surface area contributed by atoms with Gasteiger partial charge in [-0.1, -0.05) is 30.7 Å². The lowest BCUT2D eigenvalue weighted by molar-refractivity contribution is -0.142. The van der Waals surface area contributed by atoms with Crippen LogP contribution in [0.25, 0.3) is 0 Å². The van der Waals surface area contributed by atoms with E-state index in [-0.39, 0.29) is 17.3 Å². The number of nitrogens with one attached hydrogen (secondary N) is 1. The van der Waals surface area contributed by atoms with Gasteiger partial charge in [-0.25, -0.2) is 12.8 Å². The first kappa shape index (κ1) is 27.8. The van der Waals surface area contributed by atoms with Gasteiger partial charge in [0.05, 0.1) is 11.4 Å². The van der Waals surface area contributed by atoms with Crippen molar-refractivity contribution < 1.29 is 22.4 Å². The van der Waals surface area contributed by atoms with Crippen molar-refractivity contribution in [1.29, 1.82) is 0 Å². The molecule has 0 aliphatic carbocycles. The van der Waals surface area contributed by atoms with Crippen LogP contribution in [0, 0.1) is 5.82 Å². The summed E-state index contributed by atoms with van der Waals surface area (Å²) in [7, 11) is -2.67. The number of halogens is 2. The summed E-state index contributed by atoms with van der Waals surface area (Å²) in [6.45, 7) is 6.80. The Morgan fingerprint density at radius 1 is 1.06 bits per heavy atom. The predicted octanol–water partition coefficient (Wildman–Crippen LogP) is 3.82. The monoisotopic (exact) mass is 511 g/mol. The lowest BCUT2D eigenvalue weighted by atomic mass is 10.1. The molecule has 2 aromatic carbocycles. The van der Waals surface area contributed by atoms with Crippen LogP contribution in [-0.2, 0) is 26.2 Å². The summed E-state index contributed by atoms with van der Waals surface area (Å²) in [5.74, 6) is -1.33. The van der Waals surface area contributed by atoms with E-state index in [1.165, 1.54) is 60.5 Å². The quantitative estimate of drug-likeness (QED) is 0.554. The Morgan fingerprint density at radius 2 is 1.62 bits per heavy atom. The lowest BCUT2D eigenvalue weighted by Gasteiger charge is -2.34. The van der Waals surface area contributed by atoms with E-state index >= 15 is 0 Å². The normalized spacial score (nSPS) is 12.9. The van der Waals surface area contributed by atoms with E-state index in [0.717, 1.165) is 4.31 Å². The van der Waals surface area contributed by atoms with Crippen LogP contribution in [0.5, 0.6) is 0 Å². The van der Waals surface area contributed by atoms with Crippen molar-refractivity contribution in [3.05, 3.63) is 64.9 Å². The van der Waals surface area contributed by atoms with Crippen LogP contribution in [-0.4, -0.2) is 54.6 Å². The fraction of sp³-hybridized carbons (Fsp3) is 0.417. The molecule has 2 rings (SSSR count). The average molecular weight is 512 g/mol. The van der Waals surface area contributed by atoms with Gasteiger partial charge < -0.3 is 10.2 Å². The molecule has 2 amide bonds. The molecule has 1 atom stereocenters. The van der Waals surface area contributed by atoms with Crippen LogP contribution in [0.4, 0.5) is 4.39 Å². The average Bonchev–Trinajstić information content (AvgIpc) is 2.74. The minimum absolute atomic E-state index is 0.00481. The molecule has 0 heterocycles. The third-order valence-corrected chi connectivity index (χ3v) is 7.10. The second-order valence-electron chi connectivity index (χ2n) is 9.03. The highest BCUT2D eigenvalue weighted by Crippen LogP contribution is 2.19. The minimum atomic E-state index is -3.97. The van der Waals surface area contributed by atoms with Crippen LogP contribution in [0.2, 0.25) is 5.02 Å². The summed E-state index contributed by atoms with van der Waals surface area (Å²) >= 11 is 5.85. The molecule has 1 unspecified atom stereocenters. The van der Waals surface area contributed by atoms with Gasteiger partial charge in [-0.3, -0.25) is 9.59 Å². The van der Waals surface area contributed by atoms with Crippen LogP contribution >= 0.6 is 11.6 Å². The Hall–Kier alpha value is -2.49. The number of nitrogens with zero attached hydrogens (tertiary/aromatic N) is 2. The molecule has 10 heteroatoms. The Kier molecular flexibility index (Phi) is 9.22. The summed E-state index contributed by atoms with van der Waals surface area (Å²) < 4.78 is 40.2. The van der Waals surface area contributed by atoms with Gasteiger partial charge in [-0.05, 0) is 69.2 Å². The molecule has 7 nitrogen and oxygen atoms in total. The SMILES string of the molecule is CCC(C(=O)NC(C)(C)C)N(Cc1ccc(F)cc1)C(=O)CN(C)S(=O)(=O)c1ccc(Cl)cc1. The van der Waals surface area contributed by atoms with Crippen LogP contribution in [0.15, 0.2) is 53.4 Å². The van der Waals surface area contributed by atoms with Gasteiger partial charge in [-0.2, -0.15) is 4.31 Å². The standard InChI is InChI=1S/C24H31ClFN3O4S/c1-6-21(23(31)27-24(2,3)4)29(15-17-7-11-19(26)12-8-17)22(30)16-28(5)34(32,33)20-13-9-18(25)10-14-20/h7-14,21H,6,15-16H2,1-5H3,(H,27,31). The highest BCUT2D eigenvalue weighted by molar-refractivity contribution is 7.89. The molecule has 0 saturated heterocycles. The van der Waals surface area contributed by atoms with Crippen molar-refractivity contribution in [2.24, 2.45) is 0 Å². The fourth-order valence-electron chi connectivity index (χ4n) is 3.31. The van der Waals surface area contributed by atoms with Crippen LogP contribution in [0.3, 0.4) is 0 Å². The number of carbonyl (C=O) groups excluding carboxylic acids is 2. The molecule has 186 valence electrons. The van der Waals surface area contributed by atoms with Gasteiger partial charge in [0.2, 0.25) is 21.8 Å². The maximum atomic E-state index is 13.4. The number of benzene rings is 2. The van der Waals surface area contributed by atoms with Crippen molar-refractivity contribution in [3.8, 4) is 0 Å². The number of rotatable bonds is 9. The largest absolute Gasteiger partial charge is 0.350 e. The van der Waals surface area contributed by atoms with E-state index in [4.69, 9.17) is 11.6 Å². The molecule has 0 fully saturated rings. The number of amides is 2. The summed E-state index contributed by atoms with van der Waals surface area (Å²) in [6.07, 6.45) is 0.308. The number of hydrogen-bond donors (Lipinski definition) is 1. The molecule has 0 spiro atoms. The summed E-state index contributed by atoms with van der Waals surface area (Å²) in [5.41, 5.74) is 0.0871. The zero-order valence-electron chi connectivity index (χ0n) is 20.0. The van der Waals surface area contributed by atoms with Crippen LogP contribution in [0.1, 0.15) is 39.7 Å². The molecule has 0 aliphatic rings. The second kappa shape index (κ2) is 11.3. The van der Waals surface area contributed by atoms with Crippen molar-refractivity contribution in [2.45, 2.75) is 57.1 Å². The van der Waals surface area contributed by atoms with Gasteiger partial charge in [0.15, 0.2) is 0 Å². The van der Waals surface area contributed by atoms with Crippen molar-refractivity contribution in [2.75, 3.05) is 13.6 Å². The molecule has 2 aromatic rings. The lowest BCUT2D eigenvalue weighted by Crippen LogP contribution is -2.55. The zero-order valence-corrected chi connectivity index (χ0v) is 21.6. The fourth-order valence-corrected chi connectivity index (χ4v) is 4.56. The second-order valence-corrected chi connectivity index (χ2v) is 11.5. The molecule has 0 bridgehead atoms. The first-order chi connectivity index (χ1) is 15.7. The number of carbonyl (C=O) groups is 2. The number of sulfonamides is 1. The summed E-state index contributed by atoms with van der Waals surface area (Å²) in [6, 6.07) is 10.4. The Morgan fingerprint density at radius 3 is 2.12 bits per heavy atom. The predicted molar refractivity (Wildman–Crippen MR) is 130 cm³/mol. The smallest absolute Gasteiger partial charge is 0.243 e. The molecule has 0 radical (unpaired) electrons. The van der Waals surface area contributed by atoms with E-state index in [2.05, 4.69) is 5.32 Å². The van der Waals surface area contributed by atoms with Gasteiger partial charge >= 0.3 is 0 Å². The summed E-state index contributed by atoms with van der Waals surface area (Å²) in [5, 5.41) is 3.27. The van der Waals surface area contributed by atoms with E-state index in [1.807, 2.05) is 20.8 Å². The third-order valence-electron chi connectivity index (χ3n) is 5.03. The molecule has 0 aromatic heterocycles. The Labute approximate surface area is 205 Å². The van der Waals surface area contributed by atoms with E-state index < -0.39 is 39.9 Å². The number of hydrogen-bond acceptors (Lipinski definition) is 4. The minimum Gasteiger partial charge on any atom is -0.350 e. The zero-order chi connectivity index (χ0) is 25.7. The Balaban J connectivity index is 2.34. The van der Waals surface area contributed by atoms with E-state index in [0.29, 0.717) is 17.0 Å². The molecule has 34 heavy (non-hydrogen) atoms. The molecular formula is C24H31ClFN3O4S. The van der Waals surface area contributed by atoms with Gasteiger partial charge in [0.25, 0.3) is 0 Å². The first-order valence-electron chi connectivity index (χ1n) is 10.8. The highest BCUT2D eigenvalue weighted by Gasteiger charge is 2.33. The third kappa shape index (κ3) is 7.51. The molecule has 1 N–H and O–H groups in total. The van der Waals surface area contributed by atoms with E-state index in [9.17, 15) is 22.4 Å². The number of likely N-dealkylation sites (N-methyl/N-ethyl adjacent to an activating group) is 1. The van der Waals surface area contributed by atoms with Gasteiger partial charge in [-0.15, -0.1) is 0 Å². The van der Waals surface area contributed by atoms with Crippen molar-refractivity contribution in [3.63, 3.8) is 0 Å². The Bertz CT molecular complexity index is 1100. The summed E-state index contributed by atoms with van der Waals surface area (Å²) in [4.78, 5) is 27.7. The van der Waals surface area contributed by atoms with Crippen LogP contribution < -0.4 is 5.32 Å². The highest BCUT2D eigenvalue weighted by atomic mass is 35.5.